The normalized spacial score (nSPS) is 22.6. The number of hydrogen-bond acceptors (Lipinski definition) is 4. The van der Waals surface area contributed by atoms with E-state index in [0.29, 0.717) is 19.4 Å². The molecule has 0 spiro atoms. The predicted molar refractivity (Wildman–Crippen MR) is 131 cm³/mol. The molecular formula is C28H32N2O5. The zero-order chi connectivity index (χ0) is 24.7. The highest BCUT2D eigenvalue weighted by molar-refractivity contribution is 5.85. The van der Waals surface area contributed by atoms with Crippen molar-refractivity contribution >= 4 is 18.0 Å². The molecule has 2 aromatic carbocycles. The molecule has 7 heteroatoms. The van der Waals surface area contributed by atoms with Crippen molar-refractivity contribution in [3.8, 4) is 11.1 Å². The van der Waals surface area contributed by atoms with Crippen molar-refractivity contribution < 1.29 is 24.2 Å². The van der Waals surface area contributed by atoms with Gasteiger partial charge in [0.1, 0.15) is 6.61 Å². The van der Waals surface area contributed by atoms with Gasteiger partial charge in [-0.2, -0.15) is 0 Å². The van der Waals surface area contributed by atoms with E-state index in [0.717, 1.165) is 24.0 Å². The number of rotatable bonds is 7. The lowest BCUT2D eigenvalue weighted by atomic mass is 9.87. The Morgan fingerprint density at radius 1 is 1.03 bits per heavy atom. The van der Waals surface area contributed by atoms with Crippen LogP contribution in [0.3, 0.4) is 0 Å². The molecule has 2 aromatic rings. The molecule has 3 unspecified atom stereocenters. The molecule has 2 heterocycles. The topological polar surface area (TPSA) is 95.9 Å². The molecule has 5 rings (SSSR count). The number of benzene rings is 2. The zero-order valence-corrected chi connectivity index (χ0v) is 20.2. The van der Waals surface area contributed by atoms with Crippen molar-refractivity contribution in [3.05, 3.63) is 59.7 Å². The van der Waals surface area contributed by atoms with Gasteiger partial charge in [0, 0.05) is 30.0 Å². The van der Waals surface area contributed by atoms with Crippen molar-refractivity contribution in [1.29, 1.82) is 0 Å². The first-order chi connectivity index (χ1) is 16.8. The average Bonchev–Trinajstić information content (AvgIpc) is 3.51. The van der Waals surface area contributed by atoms with Crippen molar-refractivity contribution in [2.45, 2.75) is 57.5 Å². The summed E-state index contributed by atoms with van der Waals surface area (Å²) >= 11 is 0. The van der Waals surface area contributed by atoms with Crippen LogP contribution in [0.1, 0.15) is 56.6 Å². The fourth-order valence-corrected chi connectivity index (χ4v) is 6.15. The lowest BCUT2D eigenvalue weighted by Gasteiger charge is -2.32. The maximum atomic E-state index is 13.3. The number of ether oxygens (including phenoxy) is 1. The van der Waals surface area contributed by atoms with Crippen LogP contribution in [0.25, 0.3) is 11.1 Å². The summed E-state index contributed by atoms with van der Waals surface area (Å²) in [5.41, 5.74) is 3.98. The number of carboxylic acids is 1. The number of hydrogen-bond donors (Lipinski definition) is 2. The molecule has 3 atom stereocenters. The van der Waals surface area contributed by atoms with Gasteiger partial charge in [-0.3, -0.25) is 9.59 Å². The summed E-state index contributed by atoms with van der Waals surface area (Å²) in [6.45, 7) is 4.28. The van der Waals surface area contributed by atoms with E-state index in [-0.39, 0.29) is 30.5 Å². The van der Waals surface area contributed by atoms with E-state index in [2.05, 4.69) is 29.6 Å². The van der Waals surface area contributed by atoms with Gasteiger partial charge >= 0.3 is 12.1 Å². The van der Waals surface area contributed by atoms with Gasteiger partial charge in [0.15, 0.2) is 0 Å². The highest BCUT2D eigenvalue weighted by atomic mass is 16.5. The van der Waals surface area contributed by atoms with Crippen molar-refractivity contribution in [1.82, 2.24) is 10.2 Å². The molecule has 0 radical (unpaired) electrons. The van der Waals surface area contributed by atoms with Crippen LogP contribution in [-0.2, 0) is 14.3 Å². The first-order valence-corrected chi connectivity index (χ1v) is 12.4. The lowest BCUT2D eigenvalue weighted by molar-refractivity contribution is -0.145. The standard InChI is InChI=1S/C28H32N2O5/c1-28(2,26(33)30-17-11-12-24(30)22(15-17)25(31)32)13-14-29-27(34)35-16-23-20-9-5-3-7-18(20)19-8-4-6-10-21(19)23/h3-10,17,22-24H,11-16H2,1-2H3,(H,29,34)(H,31,32). The molecule has 2 fully saturated rings. The Hall–Kier alpha value is -3.35. The van der Waals surface area contributed by atoms with Gasteiger partial charge in [-0.1, -0.05) is 62.4 Å². The summed E-state index contributed by atoms with van der Waals surface area (Å²) in [6.07, 6.45) is 2.11. The van der Waals surface area contributed by atoms with E-state index < -0.39 is 23.4 Å². The molecule has 0 aromatic heterocycles. The van der Waals surface area contributed by atoms with Crippen molar-refractivity contribution in [3.63, 3.8) is 0 Å². The third kappa shape index (κ3) is 4.17. The quantitative estimate of drug-likeness (QED) is 0.617. The number of alkyl carbamates (subject to hydrolysis) is 1. The van der Waals surface area contributed by atoms with Crippen molar-refractivity contribution in [2.24, 2.45) is 11.3 Å². The smallest absolute Gasteiger partial charge is 0.407 e. The molecule has 1 aliphatic carbocycles. The Morgan fingerprint density at radius 2 is 1.66 bits per heavy atom. The average molecular weight is 477 g/mol. The van der Waals surface area contributed by atoms with E-state index in [1.807, 2.05) is 43.0 Å². The highest BCUT2D eigenvalue weighted by Crippen LogP contribution is 2.45. The summed E-state index contributed by atoms with van der Waals surface area (Å²) in [4.78, 5) is 39.1. The molecule has 184 valence electrons. The number of amides is 2. The molecule has 35 heavy (non-hydrogen) atoms. The number of carboxylic acid groups (broad SMARTS) is 1. The first kappa shape index (κ1) is 23.4. The summed E-state index contributed by atoms with van der Waals surface area (Å²) in [6, 6.07) is 16.2. The van der Waals surface area contributed by atoms with Crippen LogP contribution in [0.5, 0.6) is 0 Å². The maximum absolute atomic E-state index is 13.3. The van der Waals surface area contributed by atoms with Crippen LogP contribution < -0.4 is 5.32 Å². The van der Waals surface area contributed by atoms with Crippen LogP contribution in [0.2, 0.25) is 0 Å². The molecule has 0 saturated carbocycles. The number of nitrogens with zero attached hydrogens (tertiary/aromatic N) is 1. The van der Waals surface area contributed by atoms with Gasteiger partial charge in [-0.15, -0.1) is 0 Å². The molecule has 3 aliphatic rings. The third-order valence-electron chi connectivity index (χ3n) is 8.03. The fraction of sp³-hybridized carbons (Fsp3) is 0.464. The van der Waals surface area contributed by atoms with Crippen LogP contribution in [0.4, 0.5) is 4.79 Å². The van der Waals surface area contributed by atoms with Gasteiger partial charge in [0.2, 0.25) is 5.91 Å². The van der Waals surface area contributed by atoms with Crippen molar-refractivity contribution in [2.75, 3.05) is 13.2 Å². The van der Waals surface area contributed by atoms with Gasteiger partial charge in [-0.05, 0) is 47.9 Å². The largest absolute Gasteiger partial charge is 0.481 e. The highest BCUT2D eigenvalue weighted by Gasteiger charge is 2.53. The molecule has 2 aliphatic heterocycles. The van der Waals surface area contributed by atoms with E-state index in [1.165, 1.54) is 11.1 Å². The summed E-state index contributed by atoms with van der Waals surface area (Å²) in [5.74, 6) is -1.31. The van der Waals surface area contributed by atoms with E-state index in [4.69, 9.17) is 4.74 Å². The minimum atomic E-state index is -0.815. The molecule has 2 saturated heterocycles. The van der Waals surface area contributed by atoms with E-state index >= 15 is 0 Å². The summed E-state index contributed by atoms with van der Waals surface area (Å²) in [7, 11) is 0. The monoisotopic (exact) mass is 476 g/mol. The summed E-state index contributed by atoms with van der Waals surface area (Å²) < 4.78 is 5.59. The fourth-order valence-electron chi connectivity index (χ4n) is 6.15. The summed E-state index contributed by atoms with van der Waals surface area (Å²) in [5, 5.41) is 12.3. The second-order valence-corrected chi connectivity index (χ2v) is 10.6. The number of fused-ring (bicyclic) bond motifs is 5. The second kappa shape index (κ2) is 9.02. The Balaban J connectivity index is 1.14. The Labute approximate surface area is 205 Å². The number of carbonyl (C=O) groups is 3. The van der Waals surface area contributed by atoms with E-state index in [1.54, 1.807) is 0 Å². The van der Waals surface area contributed by atoms with Gasteiger partial charge in [0.25, 0.3) is 0 Å². The zero-order valence-electron chi connectivity index (χ0n) is 20.2. The molecule has 2 bridgehead atoms. The number of carbonyl (C=O) groups excluding carboxylic acids is 2. The van der Waals surface area contributed by atoms with Crippen LogP contribution >= 0.6 is 0 Å². The second-order valence-electron chi connectivity index (χ2n) is 10.6. The van der Waals surface area contributed by atoms with Crippen LogP contribution in [0, 0.1) is 11.3 Å². The molecule has 7 nitrogen and oxygen atoms in total. The Kier molecular flexibility index (Phi) is 6.03. The number of aliphatic carboxylic acids is 1. The minimum Gasteiger partial charge on any atom is -0.481 e. The van der Waals surface area contributed by atoms with Gasteiger partial charge < -0.3 is 20.1 Å². The first-order valence-electron chi connectivity index (χ1n) is 12.4. The predicted octanol–water partition coefficient (Wildman–Crippen LogP) is 4.41. The molecule has 2 N–H and O–H groups in total. The number of nitrogens with one attached hydrogen (secondary N) is 1. The molecular weight excluding hydrogens is 444 g/mol. The SMILES string of the molecule is CC(C)(CCNC(=O)OCC1c2ccccc2-c2ccccc21)C(=O)N1C2CCC1C(C(=O)O)C2. The van der Waals surface area contributed by atoms with Crippen LogP contribution in [-0.4, -0.2) is 53.2 Å². The van der Waals surface area contributed by atoms with E-state index in [9.17, 15) is 19.5 Å². The van der Waals surface area contributed by atoms with Gasteiger partial charge in [0.05, 0.1) is 5.92 Å². The lowest BCUT2D eigenvalue weighted by Crippen LogP contribution is -2.46. The Morgan fingerprint density at radius 3 is 2.26 bits per heavy atom. The molecule has 2 amide bonds. The van der Waals surface area contributed by atoms with Crippen LogP contribution in [0.15, 0.2) is 48.5 Å². The Bertz CT molecular complexity index is 1110. The van der Waals surface area contributed by atoms with Gasteiger partial charge in [-0.25, -0.2) is 4.79 Å². The third-order valence-corrected chi connectivity index (χ3v) is 8.03. The minimum absolute atomic E-state index is 0.000934. The maximum Gasteiger partial charge on any atom is 0.407 e.